The lowest BCUT2D eigenvalue weighted by atomic mass is 9.97. The molecule has 1 nitrogen and oxygen atoms in total. The molecule has 0 atom stereocenters. The molecule has 0 aliphatic rings. The Balaban J connectivity index is 1.43. The zero-order valence-corrected chi connectivity index (χ0v) is 23.8. The molecule has 2 heteroatoms. The van der Waals surface area contributed by atoms with Crippen LogP contribution in [0.3, 0.4) is 0 Å². The van der Waals surface area contributed by atoms with E-state index in [4.69, 9.17) is 0 Å². The highest BCUT2D eigenvalue weighted by atomic mass is 32.1. The van der Waals surface area contributed by atoms with Gasteiger partial charge in [0.05, 0.1) is 5.69 Å². The Morgan fingerprint density at radius 2 is 0.952 bits per heavy atom. The van der Waals surface area contributed by atoms with Crippen LogP contribution in [0.5, 0.6) is 0 Å². The molecule has 0 saturated heterocycles. The Labute approximate surface area is 249 Å². The SMILES string of the molecule is c1ccc(-c2cc(-c3ccccc3)cc(N(c3ccc4sc5ccccc5c4c3)c3cccc4ccccc34)c2)cc1. The minimum absolute atomic E-state index is 1.13. The summed E-state index contributed by atoms with van der Waals surface area (Å²) >= 11 is 1.86. The van der Waals surface area contributed by atoms with Crippen molar-refractivity contribution in [2.24, 2.45) is 0 Å². The quantitative estimate of drug-likeness (QED) is 0.205. The van der Waals surface area contributed by atoms with Crippen molar-refractivity contribution < 1.29 is 0 Å². The first kappa shape index (κ1) is 24.6. The van der Waals surface area contributed by atoms with Gasteiger partial charge in [-0.2, -0.15) is 0 Å². The van der Waals surface area contributed by atoms with Crippen LogP contribution in [0.1, 0.15) is 0 Å². The van der Waals surface area contributed by atoms with Crippen molar-refractivity contribution in [2.75, 3.05) is 4.90 Å². The van der Waals surface area contributed by atoms with E-state index >= 15 is 0 Å². The predicted molar refractivity (Wildman–Crippen MR) is 182 cm³/mol. The summed E-state index contributed by atoms with van der Waals surface area (Å²) < 4.78 is 2.62. The van der Waals surface area contributed by atoms with Crippen molar-refractivity contribution in [3.8, 4) is 22.3 Å². The van der Waals surface area contributed by atoms with Gasteiger partial charge < -0.3 is 4.90 Å². The summed E-state index contributed by atoms with van der Waals surface area (Å²) in [7, 11) is 0. The number of anilines is 3. The standard InChI is InChI=1S/C40H27NS/c1-3-12-28(13-4-1)31-24-32(29-14-5-2-6-15-29)26-34(25-31)41(38-20-11-17-30-16-7-8-18-35(30)38)33-22-23-40-37(27-33)36-19-9-10-21-39(36)42-40/h1-27H. The molecular weight excluding hydrogens is 527 g/mol. The first-order chi connectivity index (χ1) is 20.8. The maximum atomic E-state index is 2.44. The Hall–Kier alpha value is -5.18. The molecule has 1 aromatic heterocycles. The molecule has 0 bridgehead atoms. The lowest BCUT2D eigenvalue weighted by Crippen LogP contribution is -2.11. The topological polar surface area (TPSA) is 3.24 Å². The van der Waals surface area contributed by atoms with Crippen LogP contribution in [0, 0.1) is 0 Å². The second kappa shape index (κ2) is 10.3. The van der Waals surface area contributed by atoms with Crippen LogP contribution < -0.4 is 4.90 Å². The van der Waals surface area contributed by atoms with Crippen molar-refractivity contribution in [1.29, 1.82) is 0 Å². The molecule has 8 aromatic rings. The predicted octanol–water partition coefficient (Wildman–Crippen LogP) is 12.0. The van der Waals surface area contributed by atoms with Gasteiger partial charge in [0.25, 0.3) is 0 Å². The fraction of sp³-hybridized carbons (Fsp3) is 0. The van der Waals surface area contributed by atoms with Crippen molar-refractivity contribution in [2.45, 2.75) is 0 Å². The Morgan fingerprint density at radius 1 is 0.357 bits per heavy atom. The van der Waals surface area contributed by atoms with E-state index in [0.29, 0.717) is 0 Å². The third-order valence-electron chi connectivity index (χ3n) is 8.02. The highest BCUT2D eigenvalue weighted by Crippen LogP contribution is 2.44. The summed E-state index contributed by atoms with van der Waals surface area (Å²) in [6, 6.07) is 59.3. The van der Waals surface area contributed by atoms with Crippen molar-refractivity contribution in [1.82, 2.24) is 0 Å². The minimum Gasteiger partial charge on any atom is -0.310 e. The van der Waals surface area contributed by atoms with E-state index in [0.717, 1.165) is 17.1 Å². The van der Waals surface area contributed by atoms with Crippen LogP contribution in [0.4, 0.5) is 17.1 Å². The smallest absolute Gasteiger partial charge is 0.0540 e. The molecule has 7 aromatic carbocycles. The van der Waals surface area contributed by atoms with E-state index in [1.807, 2.05) is 11.3 Å². The van der Waals surface area contributed by atoms with Crippen molar-refractivity contribution in [3.05, 3.63) is 164 Å². The Morgan fingerprint density at radius 3 is 1.69 bits per heavy atom. The van der Waals surface area contributed by atoms with E-state index in [1.165, 1.54) is 53.2 Å². The zero-order chi connectivity index (χ0) is 27.9. The molecule has 8 rings (SSSR count). The number of rotatable bonds is 5. The van der Waals surface area contributed by atoms with Crippen molar-refractivity contribution in [3.63, 3.8) is 0 Å². The second-order valence-electron chi connectivity index (χ2n) is 10.6. The Kier molecular flexibility index (Phi) is 6.05. The molecule has 0 unspecified atom stereocenters. The molecule has 198 valence electrons. The Bertz CT molecular complexity index is 2130. The van der Waals surface area contributed by atoms with Crippen molar-refractivity contribution >= 4 is 59.3 Å². The summed E-state index contributed by atoms with van der Waals surface area (Å²) in [6.07, 6.45) is 0. The third-order valence-corrected chi connectivity index (χ3v) is 9.17. The lowest BCUT2D eigenvalue weighted by Gasteiger charge is -2.28. The van der Waals surface area contributed by atoms with E-state index in [-0.39, 0.29) is 0 Å². The molecule has 0 amide bonds. The summed E-state index contributed by atoms with van der Waals surface area (Å²) in [5.41, 5.74) is 8.23. The number of benzene rings is 7. The molecular formula is C40H27NS. The summed E-state index contributed by atoms with van der Waals surface area (Å²) in [4.78, 5) is 2.44. The fourth-order valence-corrected chi connectivity index (χ4v) is 7.10. The van der Waals surface area contributed by atoms with Crippen LogP contribution in [0.15, 0.2) is 164 Å². The van der Waals surface area contributed by atoms with E-state index < -0.39 is 0 Å². The summed E-state index contributed by atoms with van der Waals surface area (Å²) in [5.74, 6) is 0. The van der Waals surface area contributed by atoms with Crippen LogP contribution in [-0.4, -0.2) is 0 Å². The van der Waals surface area contributed by atoms with Gasteiger partial charge in [0, 0.05) is 36.9 Å². The molecule has 0 aliphatic carbocycles. The monoisotopic (exact) mass is 553 g/mol. The largest absolute Gasteiger partial charge is 0.310 e. The van der Waals surface area contributed by atoms with Gasteiger partial charge in [-0.1, -0.05) is 115 Å². The van der Waals surface area contributed by atoms with Crippen LogP contribution in [0.25, 0.3) is 53.2 Å². The second-order valence-corrected chi connectivity index (χ2v) is 11.7. The normalized spacial score (nSPS) is 11.3. The van der Waals surface area contributed by atoms with Gasteiger partial charge >= 0.3 is 0 Å². The first-order valence-corrected chi connectivity index (χ1v) is 15.1. The lowest BCUT2D eigenvalue weighted by molar-refractivity contribution is 1.30. The van der Waals surface area contributed by atoms with E-state index in [9.17, 15) is 0 Å². The summed E-state index contributed by atoms with van der Waals surface area (Å²) in [5, 5.41) is 5.05. The molecule has 0 spiro atoms. The van der Waals surface area contributed by atoms with Gasteiger partial charge in [-0.25, -0.2) is 0 Å². The number of hydrogen-bond donors (Lipinski definition) is 0. The summed E-state index contributed by atoms with van der Waals surface area (Å²) in [6.45, 7) is 0. The maximum Gasteiger partial charge on any atom is 0.0540 e. The average molecular weight is 554 g/mol. The number of thiophene rings is 1. The molecule has 42 heavy (non-hydrogen) atoms. The van der Waals surface area contributed by atoms with Gasteiger partial charge in [0.1, 0.15) is 0 Å². The molecule has 0 saturated carbocycles. The van der Waals surface area contributed by atoms with Gasteiger partial charge in [0.2, 0.25) is 0 Å². The van der Waals surface area contributed by atoms with E-state index in [2.05, 4.69) is 169 Å². The molecule has 1 heterocycles. The van der Waals surface area contributed by atoms with Gasteiger partial charge in [-0.3, -0.25) is 0 Å². The molecule has 0 fully saturated rings. The highest BCUT2D eigenvalue weighted by molar-refractivity contribution is 7.25. The number of fused-ring (bicyclic) bond motifs is 4. The maximum absolute atomic E-state index is 2.44. The molecule has 0 N–H and O–H groups in total. The van der Waals surface area contributed by atoms with Crippen LogP contribution >= 0.6 is 11.3 Å². The zero-order valence-electron chi connectivity index (χ0n) is 22.9. The third kappa shape index (κ3) is 4.34. The number of nitrogens with zero attached hydrogens (tertiary/aromatic N) is 1. The average Bonchev–Trinajstić information content (AvgIpc) is 3.44. The molecule has 0 aliphatic heterocycles. The minimum atomic E-state index is 1.13. The van der Waals surface area contributed by atoms with E-state index in [1.54, 1.807) is 0 Å². The number of hydrogen-bond acceptors (Lipinski definition) is 2. The van der Waals surface area contributed by atoms with Gasteiger partial charge in [-0.15, -0.1) is 11.3 Å². The van der Waals surface area contributed by atoms with Gasteiger partial charge in [0.15, 0.2) is 0 Å². The van der Waals surface area contributed by atoms with Crippen LogP contribution in [-0.2, 0) is 0 Å². The molecule has 0 radical (unpaired) electrons. The van der Waals surface area contributed by atoms with Gasteiger partial charge in [-0.05, 0) is 76.2 Å². The fourth-order valence-electron chi connectivity index (χ4n) is 6.02. The van der Waals surface area contributed by atoms with Crippen LogP contribution in [0.2, 0.25) is 0 Å². The highest BCUT2D eigenvalue weighted by Gasteiger charge is 2.19. The first-order valence-electron chi connectivity index (χ1n) is 14.3.